The van der Waals surface area contributed by atoms with Gasteiger partial charge in [0, 0.05) is 11.6 Å². The molecule has 0 amide bonds. The number of aryl methyl sites for hydroxylation is 1. The Bertz CT molecular complexity index is 708. The van der Waals surface area contributed by atoms with Gasteiger partial charge in [0.25, 0.3) is 5.56 Å². The first-order valence-corrected chi connectivity index (χ1v) is 6.22. The van der Waals surface area contributed by atoms with Crippen molar-refractivity contribution in [3.05, 3.63) is 61.9 Å². The van der Waals surface area contributed by atoms with E-state index in [0.29, 0.717) is 15.6 Å². The van der Waals surface area contributed by atoms with Gasteiger partial charge in [0.15, 0.2) is 0 Å². The van der Waals surface area contributed by atoms with Crippen molar-refractivity contribution in [1.29, 1.82) is 0 Å². The lowest BCUT2D eigenvalue weighted by atomic mass is 10.2. The molecular formula is C13H11Cl2N3O. The van der Waals surface area contributed by atoms with Crippen molar-refractivity contribution in [3.8, 4) is 0 Å². The smallest absolute Gasteiger partial charge is 0.273 e. The van der Waals surface area contributed by atoms with Gasteiger partial charge in [-0.25, -0.2) is 0 Å². The SMILES string of the molecule is Cc1cc(N)n(/N=C\c2cccc(Cl)c2Cl)c(=O)c1. The van der Waals surface area contributed by atoms with E-state index >= 15 is 0 Å². The molecule has 2 aromatic rings. The lowest BCUT2D eigenvalue weighted by Gasteiger charge is -2.04. The van der Waals surface area contributed by atoms with Crippen LogP contribution in [0.15, 0.2) is 40.2 Å². The first kappa shape index (κ1) is 13.6. The van der Waals surface area contributed by atoms with Crippen LogP contribution >= 0.6 is 23.2 Å². The van der Waals surface area contributed by atoms with E-state index in [1.165, 1.54) is 12.3 Å². The standard InChI is InChI=1S/C13H11Cl2N3O/c1-8-5-11(16)18(12(19)6-8)17-7-9-3-2-4-10(14)13(9)15/h2-7H,16H2,1H3/b17-7-. The molecule has 0 saturated heterocycles. The highest BCUT2D eigenvalue weighted by molar-refractivity contribution is 6.43. The van der Waals surface area contributed by atoms with Crippen LogP contribution in [0.3, 0.4) is 0 Å². The molecule has 1 aromatic carbocycles. The summed E-state index contributed by atoms with van der Waals surface area (Å²) in [5.74, 6) is 0.263. The van der Waals surface area contributed by atoms with Gasteiger partial charge in [-0.3, -0.25) is 4.79 Å². The van der Waals surface area contributed by atoms with Crippen molar-refractivity contribution < 1.29 is 0 Å². The highest BCUT2D eigenvalue weighted by Gasteiger charge is 2.03. The molecule has 98 valence electrons. The van der Waals surface area contributed by atoms with Crippen LogP contribution in [0.2, 0.25) is 10.0 Å². The number of rotatable bonds is 2. The predicted molar refractivity (Wildman–Crippen MR) is 79.3 cm³/mol. The van der Waals surface area contributed by atoms with E-state index in [1.807, 2.05) is 0 Å². The zero-order chi connectivity index (χ0) is 14.0. The molecule has 1 aromatic heterocycles. The zero-order valence-electron chi connectivity index (χ0n) is 10.1. The van der Waals surface area contributed by atoms with Gasteiger partial charge in [-0.2, -0.15) is 9.78 Å². The topological polar surface area (TPSA) is 60.4 Å². The Kier molecular flexibility index (Phi) is 3.93. The first-order valence-electron chi connectivity index (χ1n) is 5.46. The van der Waals surface area contributed by atoms with Gasteiger partial charge in [-0.1, -0.05) is 35.3 Å². The summed E-state index contributed by atoms with van der Waals surface area (Å²) < 4.78 is 1.10. The Labute approximate surface area is 120 Å². The molecule has 19 heavy (non-hydrogen) atoms. The molecule has 0 aliphatic carbocycles. The predicted octanol–water partition coefficient (Wildman–Crippen LogP) is 2.93. The third-order valence-corrected chi connectivity index (χ3v) is 3.31. The van der Waals surface area contributed by atoms with Gasteiger partial charge in [-0.05, 0) is 24.6 Å². The van der Waals surface area contributed by atoms with Gasteiger partial charge in [0.2, 0.25) is 0 Å². The molecule has 0 fully saturated rings. The maximum Gasteiger partial charge on any atom is 0.273 e. The summed E-state index contributed by atoms with van der Waals surface area (Å²) in [5.41, 5.74) is 6.84. The van der Waals surface area contributed by atoms with Crippen LogP contribution in [0.25, 0.3) is 0 Å². The van der Waals surface area contributed by atoms with E-state index in [4.69, 9.17) is 28.9 Å². The summed E-state index contributed by atoms with van der Waals surface area (Å²) in [6, 6.07) is 8.28. The van der Waals surface area contributed by atoms with Crippen LogP contribution in [0.1, 0.15) is 11.1 Å². The van der Waals surface area contributed by atoms with Crippen LogP contribution in [-0.4, -0.2) is 10.9 Å². The van der Waals surface area contributed by atoms with Crippen molar-refractivity contribution in [2.75, 3.05) is 5.73 Å². The molecule has 0 saturated carbocycles. The van der Waals surface area contributed by atoms with E-state index in [1.54, 1.807) is 31.2 Å². The maximum absolute atomic E-state index is 11.7. The number of anilines is 1. The summed E-state index contributed by atoms with van der Waals surface area (Å²) in [6.45, 7) is 1.79. The summed E-state index contributed by atoms with van der Waals surface area (Å²) in [6.07, 6.45) is 1.45. The van der Waals surface area contributed by atoms with Crippen LogP contribution < -0.4 is 11.3 Å². The summed E-state index contributed by atoms with van der Waals surface area (Å²) in [4.78, 5) is 11.7. The van der Waals surface area contributed by atoms with Gasteiger partial charge in [0.05, 0.1) is 16.3 Å². The Hall–Kier alpha value is -1.78. The number of aromatic nitrogens is 1. The van der Waals surface area contributed by atoms with Gasteiger partial charge >= 0.3 is 0 Å². The number of hydrogen-bond donors (Lipinski definition) is 1. The van der Waals surface area contributed by atoms with Crippen LogP contribution in [0, 0.1) is 6.92 Å². The molecule has 0 atom stereocenters. The van der Waals surface area contributed by atoms with E-state index in [0.717, 1.165) is 10.2 Å². The first-order chi connectivity index (χ1) is 8.99. The van der Waals surface area contributed by atoms with Crippen molar-refractivity contribution in [2.24, 2.45) is 5.10 Å². The molecule has 0 radical (unpaired) electrons. The Morgan fingerprint density at radius 1 is 1.32 bits per heavy atom. The number of halogens is 2. The van der Waals surface area contributed by atoms with Crippen molar-refractivity contribution >= 4 is 35.2 Å². The van der Waals surface area contributed by atoms with Gasteiger partial charge in [0.1, 0.15) is 5.82 Å². The largest absolute Gasteiger partial charge is 0.384 e. The number of nitrogens with zero attached hydrogens (tertiary/aromatic N) is 2. The fourth-order valence-electron chi connectivity index (χ4n) is 1.58. The number of nitrogen functional groups attached to an aromatic ring is 1. The Morgan fingerprint density at radius 3 is 2.74 bits per heavy atom. The van der Waals surface area contributed by atoms with E-state index in [9.17, 15) is 4.79 Å². The van der Waals surface area contributed by atoms with Gasteiger partial charge in [-0.15, -0.1) is 0 Å². The number of pyridine rings is 1. The highest BCUT2D eigenvalue weighted by atomic mass is 35.5. The molecule has 0 aliphatic rings. The lowest BCUT2D eigenvalue weighted by molar-refractivity contribution is 0.843. The fourth-order valence-corrected chi connectivity index (χ4v) is 1.94. The second kappa shape index (κ2) is 5.47. The summed E-state index contributed by atoms with van der Waals surface area (Å²) >= 11 is 11.9. The minimum atomic E-state index is -0.299. The van der Waals surface area contributed by atoms with Crippen LogP contribution in [-0.2, 0) is 0 Å². The molecule has 0 aliphatic heterocycles. The number of benzene rings is 1. The molecule has 4 nitrogen and oxygen atoms in total. The average molecular weight is 296 g/mol. The lowest BCUT2D eigenvalue weighted by Crippen LogP contribution is -2.19. The molecule has 2 rings (SSSR count). The molecule has 6 heteroatoms. The Balaban J connectivity index is 2.44. The third-order valence-electron chi connectivity index (χ3n) is 2.47. The van der Waals surface area contributed by atoms with Crippen molar-refractivity contribution in [1.82, 2.24) is 4.68 Å². The van der Waals surface area contributed by atoms with E-state index < -0.39 is 0 Å². The fraction of sp³-hybridized carbons (Fsp3) is 0.0769. The third kappa shape index (κ3) is 2.97. The van der Waals surface area contributed by atoms with Crippen molar-refractivity contribution in [3.63, 3.8) is 0 Å². The monoisotopic (exact) mass is 295 g/mol. The van der Waals surface area contributed by atoms with Crippen LogP contribution in [0.5, 0.6) is 0 Å². The molecule has 0 unspecified atom stereocenters. The summed E-state index contributed by atoms with van der Waals surface area (Å²) in [7, 11) is 0. The maximum atomic E-state index is 11.7. The van der Waals surface area contributed by atoms with Crippen LogP contribution in [0.4, 0.5) is 5.82 Å². The van der Waals surface area contributed by atoms with E-state index in [-0.39, 0.29) is 11.4 Å². The minimum absolute atomic E-state index is 0.263. The second-order valence-corrected chi connectivity index (χ2v) is 4.78. The number of nitrogens with two attached hydrogens (primary N) is 1. The molecule has 1 heterocycles. The second-order valence-electron chi connectivity index (χ2n) is 4.00. The molecule has 0 spiro atoms. The average Bonchev–Trinajstić information content (AvgIpc) is 2.33. The Morgan fingerprint density at radius 2 is 2.05 bits per heavy atom. The van der Waals surface area contributed by atoms with Gasteiger partial charge < -0.3 is 5.73 Å². The quantitative estimate of drug-likeness (QED) is 0.866. The minimum Gasteiger partial charge on any atom is -0.384 e. The number of hydrogen-bond acceptors (Lipinski definition) is 3. The molecule has 2 N–H and O–H groups in total. The molecule has 0 bridgehead atoms. The zero-order valence-corrected chi connectivity index (χ0v) is 11.6. The summed E-state index contributed by atoms with van der Waals surface area (Å²) in [5, 5.41) is 4.84. The molecular weight excluding hydrogens is 285 g/mol. The highest BCUT2D eigenvalue weighted by Crippen LogP contribution is 2.24. The van der Waals surface area contributed by atoms with E-state index in [2.05, 4.69) is 5.10 Å². The van der Waals surface area contributed by atoms with Crippen molar-refractivity contribution in [2.45, 2.75) is 6.92 Å². The normalized spacial score (nSPS) is 11.1.